The quantitative estimate of drug-likeness (QED) is 0.574. The highest BCUT2D eigenvalue weighted by molar-refractivity contribution is 5.71. The normalized spacial score (nSPS) is 11.4. The van der Waals surface area contributed by atoms with E-state index in [-0.39, 0.29) is 23.6 Å². The zero-order valence-electron chi connectivity index (χ0n) is 10.9. The number of aromatic nitrogens is 1. The smallest absolute Gasteiger partial charge is 0.308 e. The van der Waals surface area contributed by atoms with E-state index in [9.17, 15) is 14.9 Å². The van der Waals surface area contributed by atoms with Gasteiger partial charge in [-0.05, 0) is 6.42 Å². The van der Waals surface area contributed by atoms with Crippen molar-refractivity contribution in [2.24, 2.45) is 5.92 Å². The maximum absolute atomic E-state index is 11.0. The number of carbonyl (C=O) groups is 1. The van der Waals surface area contributed by atoms with E-state index in [0.29, 0.717) is 6.42 Å². The predicted octanol–water partition coefficient (Wildman–Crippen LogP) is 1.77. The van der Waals surface area contributed by atoms with Crippen molar-refractivity contribution in [3.8, 4) is 6.07 Å². The second-order valence-corrected chi connectivity index (χ2v) is 4.16. The summed E-state index contributed by atoms with van der Waals surface area (Å²) >= 11 is 0. The standard InChI is InChI=1S/C12H14N4O4/c1-2-3-8(12(17)18)6-14-11-9(5-13)4-10(7-15-11)16(19)20/h4,7-8H,2-3,6H2,1H3,(H,14,15)(H,17,18). The van der Waals surface area contributed by atoms with Crippen LogP contribution in [-0.2, 0) is 4.79 Å². The van der Waals surface area contributed by atoms with Gasteiger partial charge in [-0.15, -0.1) is 0 Å². The molecule has 1 aromatic rings. The van der Waals surface area contributed by atoms with Gasteiger partial charge in [0.2, 0.25) is 0 Å². The van der Waals surface area contributed by atoms with E-state index in [1.165, 1.54) is 0 Å². The molecule has 2 N–H and O–H groups in total. The molecule has 8 heteroatoms. The van der Waals surface area contributed by atoms with Gasteiger partial charge in [0.1, 0.15) is 23.6 Å². The number of nitriles is 1. The topological polar surface area (TPSA) is 129 Å². The van der Waals surface area contributed by atoms with E-state index >= 15 is 0 Å². The highest BCUT2D eigenvalue weighted by Gasteiger charge is 2.18. The summed E-state index contributed by atoms with van der Waals surface area (Å²) in [5, 5.41) is 31.3. The van der Waals surface area contributed by atoms with Gasteiger partial charge < -0.3 is 10.4 Å². The van der Waals surface area contributed by atoms with E-state index in [4.69, 9.17) is 10.4 Å². The monoisotopic (exact) mass is 278 g/mol. The molecule has 1 atom stereocenters. The van der Waals surface area contributed by atoms with E-state index < -0.39 is 16.8 Å². The fourth-order valence-electron chi connectivity index (χ4n) is 1.66. The van der Waals surface area contributed by atoms with Crippen LogP contribution in [-0.4, -0.2) is 27.5 Å². The van der Waals surface area contributed by atoms with Gasteiger partial charge in [0.25, 0.3) is 5.69 Å². The lowest BCUT2D eigenvalue weighted by molar-refractivity contribution is -0.385. The Bertz CT molecular complexity index is 553. The van der Waals surface area contributed by atoms with Crippen LogP contribution in [0, 0.1) is 27.4 Å². The minimum atomic E-state index is -0.931. The Morgan fingerprint density at radius 1 is 1.70 bits per heavy atom. The first-order valence-corrected chi connectivity index (χ1v) is 6.00. The molecule has 0 aliphatic rings. The molecule has 0 saturated heterocycles. The van der Waals surface area contributed by atoms with Crippen LogP contribution in [0.3, 0.4) is 0 Å². The molecule has 1 unspecified atom stereocenters. The first-order chi connectivity index (χ1) is 9.49. The van der Waals surface area contributed by atoms with Crippen molar-refractivity contribution in [3.63, 3.8) is 0 Å². The number of nitrogens with zero attached hydrogens (tertiary/aromatic N) is 3. The first kappa shape index (κ1) is 15.4. The Morgan fingerprint density at radius 3 is 2.90 bits per heavy atom. The zero-order valence-corrected chi connectivity index (χ0v) is 10.9. The van der Waals surface area contributed by atoms with E-state index in [1.54, 1.807) is 6.07 Å². The minimum absolute atomic E-state index is 0.0137. The largest absolute Gasteiger partial charge is 0.481 e. The van der Waals surface area contributed by atoms with Crippen molar-refractivity contribution >= 4 is 17.5 Å². The Balaban J connectivity index is 2.85. The lowest BCUT2D eigenvalue weighted by Crippen LogP contribution is -2.23. The number of hydrogen-bond donors (Lipinski definition) is 2. The van der Waals surface area contributed by atoms with E-state index in [2.05, 4.69) is 10.3 Å². The fraction of sp³-hybridized carbons (Fsp3) is 0.417. The molecule has 106 valence electrons. The summed E-state index contributed by atoms with van der Waals surface area (Å²) in [4.78, 5) is 24.7. The SMILES string of the molecule is CCCC(CNc1ncc([N+](=O)[O-])cc1C#N)C(=O)O. The van der Waals surface area contributed by atoms with Crippen molar-refractivity contribution in [1.82, 2.24) is 4.98 Å². The lowest BCUT2D eigenvalue weighted by atomic mass is 10.0. The number of anilines is 1. The molecule has 0 amide bonds. The average molecular weight is 278 g/mol. The maximum atomic E-state index is 11.0. The molecule has 0 spiro atoms. The van der Waals surface area contributed by atoms with Crippen LogP contribution in [0.1, 0.15) is 25.3 Å². The molecule has 0 aromatic carbocycles. The highest BCUT2D eigenvalue weighted by atomic mass is 16.6. The molecule has 8 nitrogen and oxygen atoms in total. The number of pyridine rings is 1. The molecule has 1 rings (SSSR count). The molecule has 1 heterocycles. The number of rotatable bonds is 7. The van der Waals surface area contributed by atoms with Crippen molar-refractivity contribution < 1.29 is 14.8 Å². The Kier molecular flexibility index (Phi) is 5.41. The Hall–Kier alpha value is -2.69. The van der Waals surface area contributed by atoms with E-state index in [0.717, 1.165) is 18.7 Å². The van der Waals surface area contributed by atoms with E-state index in [1.807, 2.05) is 6.92 Å². The molecule has 0 aliphatic heterocycles. The van der Waals surface area contributed by atoms with Gasteiger partial charge in [-0.1, -0.05) is 13.3 Å². The van der Waals surface area contributed by atoms with Crippen LogP contribution >= 0.6 is 0 Å². The number of hydrogen-bond acceptors (Lipinski definition) is 6. The van der Waals surface area contributed by atoms with Crippen LogP contribution in [0.5, 0.6) is 0 Å². The van der Waals surface area contributed by atoms with Crippen molar-refractivity contribution in [3.05, 3.63) is 27.9 Å². The van der Waals surface area contributed by atoms with Gasteiger partial charge in [0.05, 0.1) is 10.8 Å². The molecule has 0 fully saturated rings. The summed E-state index contributed by atoms with van der Waals surface area (Å²) in [6, 6.07) is 2.90. The molecule has 20 heavy (non-hydrogen) atoms. The van der Waals surface area contributed by atoms with Gasteiger partial charge in [0.15, 0.2) is 0 Å². The maximum Gasteiger partial charge on any atom is 0.308 e. The molecule has 0 bridgehead atoms. The highest BCUT2D eigenvalue weighted by Crippen LogP contribution is 2.19. The van der Waals surface area contributed by atoms with Crippen LogP contribution in [0.25, 0.3) is 0 Å². The number of aliphatic carboxylic acids is 1. The summed E-state index contributed by atoms with van der Waals surface area (Å²) in [6.07, 6.45) is 2.24. The second kappa shape index (κ2) is 7.04. The van der Waals surface area contributed by atoms with Crippen molar-refractivity contribution in [2.75, 3.05) is 11.9 Å². The number of carboxylic acids is 1. The molecule has 1 aromatic heterocycles. The van der Waals surface area contributed by atoms with Gasteiger partial charge in [0, 0.05) is 12.6 Å². The summed E-state index contributed by atoms with van der Waals surface area (Å²) in [6.45, 7) is 1.99. The molecule has 0 radical (unpaired) electrons. The zero-order chi connectivity index (χ0) is 15.1. The summed E-state index contributed by atoms with van der Waals surface area (Å²) in [5.74, 6) is -1.37. The summed E-state index contributed by atoms with van der Waals surface area (Å²) in [7, 11) is 0. The van der Waals surface area contributed by atoms with Crippen molar-refractivity contribution in [2.45, 2.75) is 19.8 Å². The van der Waals surface area contributed by atoms with Crippen LogP contribution in [0.4, 0.5) is 11.5 Å². The van der Waals surface area contributed by atoms with Gasteiger partial charge in [-0.3, -0.25) is 14.9 Å². The minimum Gasteiger partial charge on any atom is -0.481 e. The number of nitro groups is 1. The Labute approximate surface area is 115 Å². The first-order valence-electron chi connectivity index (χ1n) is 6.00. The molecular weight excluding hydrogens is 264 g/mol. The molecular formula is C12H14N4O4. The van der Waals surface area contributed by atoms with Crippen LogP contribution in [0.2, 0.25) is 0 Å². The second-order valence-electron chi connectivity index (χ2n) is 4.16. The van der Waals surface area contributed by atoms with Crippen LogP contribution < -0.4 is 5.32 Å². The number of carboxylic acid groups (broad SMARTS) is 1. The molecule has 0 saturated carbocycles. The third-order valence-electron chi connectivity index (χ3n) is 2.71. The molecule has 0 aliphatic carbocycles. The lowest BCUT2D eigenvalue weighted by Gasteiger charge is -2.13. The van der Waals surface area contributed by atoms with Crippen molar-refractivity contribution in [1.29, 1.82) is 5.26 Å². The fourth-order valence-corrected chi connectivity index (χ4v) is 1.66. The van der Waals surface area contributed by atoms with Gasteiger partial charge >= 0.3 is 5.97 Å². The predicted molar refractivity (Wildman–Crippen MR) is 70.1 cm³/mol. The average Bonchev–Trinajstić information content (AvgIpc) is 2.42. The van der Waals surface area contributed by atoms with Gasteiger partial charge in [-0.25, -0.2) is 4.98 Å². The third-order valence-corrected chi connectivity index (χ3v) is 2.71. The summed E-state index contributed by atoms with van der Waals surface area (Å²) in [5.41, 5.74) is -0.268. The van der Waals surface area contributed by atoms with Gasteiger partial charge in [-0.2, -0.15) is 5.26 Å². The van der Waals surface area contributed by atoms with Crippen LogP contribution in [0.15, 0.2) is 12.3 Å². The number of nitrogens with one attached hydrogen (secondary N) is 1. The summed E-state index contributed by atoms with van der Waals surface area (Å²) < 4.78 is 0. The third kappa shape index (κ3) is 3.91. The Morgan fingerprint density at radius 2 is 2.40 bits per heavy atom.